The van der Waals surface area contributed by atoms with E-state index in [2.05, 4.69) is 15.2 Å². The molecule has 1 amide bonds. The largest absolute Gasteiger partial charge is 0.348 e. The van der Waals surface area contributed by atoms with Gasteiger partial charge in [0.1, 0.15) is 5.15 Å². The van der Waals surface area contributed by atoms with Crippen molar-refractivity contribution >= 4 is 17.5 Å². The van der Waals surface area contributed by atoms with Crippen molar-refractivity contribution in [1.82, 2.24) is 15.2 Å². The molecule has 1 aromatic heterocycles. The Bertz CT molecular complexity index is 485. The van der Waals surface area contributed by atoms with Crippen molar-refractivity contribution in [2.45, 2.75) is 38.3 Å². The number of rotatable bonds is 2. The molecule has 0 bridgehead atoms. The lowest BCUT2D eigenvalue weighted by molar-refractivity contribution is 0.0929. The molecule has 3 heterocycles. The number of aryl methyl sites for hydroxylation is 1. The fourth-order valence-electron chi connectivity index (χ4n) is 3.26. The predicted octanol–water partition coefficient (Wildman–Crippen LogP) is 2.01. The number of hydrogen-bond donors (Lipinski definition) is 1. The Kier molecular flexibility index (Phi) is 3.46. The van der Waals surface area contributed by atoms with E-state index in [-0.39, 0.29) is 11.9 Å². The van der Waals surface area contributed by atoms with Crippen molar-refractivity contribution in [2.75, 3.05) is 13.1 Å². The van der Waals surface area contributed by atoms with E-state index in [9.17, 15) is 4.79 Å². The summed E-state index contributed by atoms with van der Waals surface area (Å²) in [5, 5.41) is 3.53. The predicted molar refractivity (Wildman–Crippen MR) is 74.5 cm³/mol. The first-order valence-electron chi connectivity index (χ1n) is 6.82. The molecule has 0 aromatic carbocycles. The second-order valence-electron chi connectivity index (χ2n) is 5.43. The Hall–Kier alpha value is -1.13. The molecule has 0 saturated carbocycles. The highest BCUT2D eigenvalue weighted by molar-refractivity contribution is 6.29. The van der Waals surface area contributed by atoms with Crippen LogP contribution in [0.5, 0.6) is 0 Å². The number of aromatic nitrogens is 1. The second-order valence-corrected chi connectivity index (χ2v) is 5.82. The van der Waals surface area contributed by atoms with Crippen LogP contribution in [-0.2, 0) is 0 Å². The fraction of sp³-hybridized carbons (Fsp3) is 0.571. The average molecular weight is 280 g/mol. The van der Waals surface area contributed by atoms with Crippen molar-refractivity contribution < 1.29 is 4.79 Å². The lowest BCUT2D eigenvalue weighted by Gasteiger charge is -2.21. The molecular weight excluding hydrogens is 262 g/mol. The molecule has 1 N–H and O–H groups in total. The molecule has 0 aliphatic carbocycles. The molecule has 2 fully saturated rings. The Morgan fingerprint density at radius 3 is 3.05 bits per heavy atom. The van der Waals surface area contributed by atoms with Crippen molar-refractivity contribution in [3.8, 4) is 0 Å². The first kappa shape index (κ1) is 12.9. The molecule has 2 atom stereocenters. The minimum Gasteiger partial charge on any atom is -0.348 e. The van der Waals surface area contributed by atoms with Crippen LogP contribution in [0, 0.1) is 6.92 Å². The van der Waals surface area contributed by atoms with Crippen LogP contribution in [-0.4, -0.2) is 41.0 Å². The third-order valence-electron chi connectivity index (χ3n) is 4.11. The molecule has 2 unspecified atom stereocenters. The number of pyridine rings is 1. The number of carbonyl (C=O) groups excluding carboxylic acids is 1. The van der Waals surface area contributed by atoms with Gasteiger partial charge in [0.25, 0.3) is 5.91 Å². The third kappa shape index (κ3) is 2.60. The van der Waals surface area contributed by atoms with Gasteiger partial charge in [0, 0.05) is 29.9 Å². The first-order valence-corrected chi connectivity index (χ1v) is 7.20. The number of halogens is 1. The Morgan fingerprint density at radius 1 is 1.42 bits per heavy atom. The number of carbonyl (C=O) groups is 1. The summed E-state index contributed by atoms with van der Waals surface area (Å²) >= 11 is 5.90. The van der Waals surface area contributed by atoms with Crippen molar-refractivity contribution in [1.29, 1.82) is 0 Å². The summed E-state index contributed by atoms with van der Waals surface area (Å²) in [5.74, 6) is -0.0360. The smallest absolute Gasteiger partial charge is 0.251 e. The summed E-state index contributed by atoms with van der Waals surface area (Å²) in [6, 6.07) is 4.22. The number of nitrogens with zero attached hydrogens (tertiary/aromatic N) is 2. The van der Waals surface area contributed by atoms with E-state index in [1.54, 1.807) is 12.1 Å². The van der Waals surface area contributed by atoms with Crippen LogP contribution in [0.4, 0.5) is 0 Å². The normalized spacial score (nSPS) is 26.4. The van der Waals surface area contributed by atoms with Crippen LogP contribution in [0.15, 0.2) is 12.1 Å². The van der Waals surface area contributed by atoms with E-state index in [4.69, 9.17) is 11.6 Å². The zero-order valence-corrected chi connectivity index (χ0v) is 11.8. The van der Waals surface area contributed by atoms with Gasteiger partial charge in [0.15, 0.2) is 0 Å². The minimum absolute atomic E-state index is 0.0360. The maximum atomic E-state index is 12.3. The molecule has 19 heavy (non-hydrogen) atoms. The highest BCUT2D eigenvalue weighted by Crippen LogP contribution is 2.28. The zero-order valence-electron chi connectivity index (χ0n) is 11.0. The maximum Gasteiger partial charge on any atom is 0.251 e. The number of amides is 1. The van der Waals surface area contributed by atoms with Gasteiger partial charge in [0.05, 0.1) is 0 Å². The quantitative estimate of drug-likeness (QED) is 0.843. The van der Waals surface area contributed by atoms with E-state index >= 15 is 0 Å². The summed E-state index contributed by atoms with van der Waals surface area (Å²) in [6.45, 7) is 4.12. The van der Waals surface area contributed by atoms with Gasteiger partial charge >= 0.3 is 0 Å². The lowest BCUT2D eigenvalue weighted by atomic mass is 10.1. The third-order valence-corrected chi connectivity index (χ3v) is 4.30. The molecule has 102 valence electrons. The summed E-state index contributed by atoms with van der Waals surface area (Å²) < 4.78 is 0. The molecule has 2 aliphatic heterocycles. The zero-order chi connectivity index (χ0) is 13.4. The molecule has 0 radical (unpaired) electrons. The van der Waals surface area contributed by atoms with Crippen LogP contribution in [0.2, 0.25) is 5.15 Å². The van der Waals surface area contributed by atoms with Gasteiger partial charge in [-0.05, 0) is 44.9 Å². The molecule has 4 nitrogen and oxygen atoms in total. The second kappa shape index (κ2) is 5.10. The van der Waals surface area contributed by atoms with Gasteiger partial charge in [-0.15, -0.1) is 0 Å². The van der Waals surface area contributed by atoms with E-state index in [0.29, 0.717) is 16.8 Å². The van der Waals surface area contributed by atoms with Gasteiger partial charge in [-0.3, -0.25) is 9.69 Å². The Morgan fingerprint density at radius 2 is 2.26 bits per heavy atom. The monoisotopic (exact) mass is 279 g/mol. The SMILES string of the molecule is Cc1cc(C(=O)NC2CCN3CCCC23)cc(Cl)n1. The maximum absolute atomic E-state index is 12.3. The standard InChI is InChI=1S/C14H18ClN3O/c1-9-7-10(8-13(15)16-9)14(19)17-11-4-6-18-5-2-3-12(11)18/h7-8,11-12H,2-6H2,1H3,(H,17,19). The van der Waals surface area contributed by atoms with Gasteiger partial charge in [-0.25, -0.2) is 4.98 Å². The number of nitrogens with one attached hydrogen (secondary N) is 1. The van der Waals surface area contributed by atoms with E-state index in [1.165, 1.54) is 19.4 Å². The summed E-state index contributed by atoms with van der Waals surface area (Å²) in [5.41, 5.74) is 1.38. The van der Waals surface area contributed by atoms with E-state index in [0.717, 1.165) is 18.7 Å². The molecule has 1 aromatic rings. The van der Waals surface area contributed by atoms with E-state index in [1.807, 2.05) is 6.92 Å². The first-order chi connectivity index (χ1) is 9.13. The van der Waals surface area contributed by atoms with Crippen molar-refractivity contribution in [2.24, 2.45) is 0 Å². The van der Waals surface area contributed by atoms with Gasteiger partial charge < -0.3 is 5.32 Å². The van der Waals surface area contributed by atoms with Crippen LogP contribution in [0.25, 0.3) is 0 Å². The number of hydrogen-bond acceptors (Lipinski definition) is 3. The van der Waals surface area contributed by atoms with Crippen molar-refractivity contribution in [3.63, 3.8) is 0 Å². The van der Waals surface area contributed by atoms with Crippen LogP contribution in [0.1, 0.15) is 35.3 Å². The van der Waals surface area contributed by atoms with Gasteiger partial charge in [0.2, 0.25) is 0 Å². The number of fused-ring (bicyclic) bond motifs is 1. The molecule has 5 heteroatoms. The Balaban J connectivity index is 1.71. The van der Waals surface area contributed by atoms with Crippen LogP contribution < -0.4 is 5.32 Å². The van der Waals surface area contributed by atoms with Gasteiger partial charge in [-0.1, -0.05) is 11.6 Å². The fourth-order valence-corrected chi connectivity index (χ4v) is 3.51. The van der Waals surface area contributed by atoms with Crippen LogP contribution >= 0.6 is 11.6 Å². The molecule has 0 spiro atoms. The summed E-state index contributed by atoms with van der Waals surface area (Å²) in [7, 11) is 0. The highest BCUT2D eigenvalue weighted by Gasteiger charge is 2.37. The summed E-state index contributed by atoms with van der Waals surface area (Å²) in [6.07, 6.45) is 3.49. The topological polar surface area (TPSA) is 45.2 Å². The molecule has 2 saturated heterocycles. The molecule has 2 aliphatic rings. The van der Waals surface area contributed by atoms with Crippen LogP contribution in [0.3, 0.4) is 0 Å². The molecule has 3 rings (SSSR count). The van der Waals surface area contributed by atoms with E-state index < -0.39 is 0 Å². The van der Waals surface area contributed by atoms with Gasteiger partial charge in [-0.2, -0.15) is 0 Å². The molecular formula is C14H18ClN3O. The Labute approximate surface area is 118 Å². The highest BCUT2D eigenvalue weighted by atomic mass is 35.5. The minimum atomic E-state index is -0.0360. The van der Waals surface area contributed by atoms with Crippen molar-refractivity contribution in [3.05, 3.63) is 28.5 Å². The summed E-state index contributed by atoms with van der Waals surface area (Å²) in [4.78, 5) is 18.8. The average Bonchev–Trinajstić information content (AvgIpc) is 2.92. The lowest BCUT2D eigenvalue weighted by Crippen LogP contribution is -2.42.